The lowest BCUT2D eigenvalue weighted by Gasteiger charge is -2.19. The summed E-state index contributed by atoms with van der Waals surface area (Å²) in [7, 11) is 0. The fraction of sp³-hybridized carbons (Fsp3) is 0.714. The molecule has 0 saturated carbocycles. The zero-order chi connectivity index (χ0) is 14.3. The SMILES string of the molecule is C=C(C)CCOCCn1cc(CNC(C)(C)C)nn1. The van der Waals surface area contributed by atoms with E-state index in [9.17, 15) is 0 Å². The summed E-state index contributed by atoms with van der Waals surface area (Å²) in [5.41, 5.74) is 2.20. The van der Waals surface area contributed by atoms with Crippen LogP contribution in [0.1, 0.15) is 39.8 Å². The Balaban J connectivity index is 2.21. The predicted molar refractivity (Wildman–Crippen MR) is 76.9 cm³/mol. The zero-order valence-corrected chi connectivity index (χ0v) is 12.6. The highest BCUT2D eigenvalue weighted by atomic mass is 16.5. The highest BCUT2D eigenvalue weighted by molar-refractivity contribution is 4.93. The number of hydrogen-bond donors (Lipinski definition) is 1. The van der Waals surface area contributed by atoms with Crippen LogP contribution in [0.3, 0.4) is 0 Å². The maximum atomic E-state index is 5.51. The monoisotopic (exact) mass is 266 g/mol. The van der Waals surface area contributed by atoms with Crippen molar-refractivity contribution in [1.82, 2.24) is 20.3 Å². The van der Waals surface area contributed by atoms with Crippen molar-refractivity contribution in [1.29, 1.82) is 0 Å². The van der Waals surface area contributed by atoms with E-state index in [0.717, 1.165) is 37.4 Å². The van der Waals surface area contributed by atoms with Gasteiger partial charge in [0.15, 0.2) is 0 Å². The third kappa shape index (κ3) is 7.74. The van der Waals surface area contributed by atoms with E-state index in [0.29, 0.717) is 6.61 Å². The van der Waals surface area contributed by atoms with Crippen molar-refractivity contribution in [3.05, 3.63) is 24.0 Å². The van der Waals surface area contributed by atoms with Gasteiger partial charge in [-0.15, -0.1) is 11.7 Å². The third-order valence-corrected chi connectivity index (χ3v) is 2.52. The first-order chi connectivity index (χ1) is 8.87. The molecule has 1 aromatic rings. The lowest BCUT2D eigenvalue weighted by atomic mass is 10.1. The molecule has 1 rings (SSSR count). The first-order valence-corrected chi connectivity index (χ1v) is 6.73. The van der Waals surface area contributed by atoms with Crippen molar-refractivity contribution in [2.24, 2.45) is 0 Å². The van der Waals surface area contributed by atoms with Crippen molar-refractivity contribution < 1.29 is 4.74 Å². The van der Waals surface area contributed by atoms with Crippen LogP contribution in [0.2, 0.25) is 0 Å². The van der Waals surface area contributed by atoms with E-state index in [4.69, 9.17) is 4.74 Å². The van der Waals surface area contributed by atoms with E-state index in [2.05, 4.69) is 43.0 Å². The summed E-state index contributed by atoms with van der Waals surface area (Å²) in [6.07, 6.45) is 2.87. The van der Waals surface area contributed by atoms with Crippen LogP contribution in [-0.4, -0.2) is 33.7 Å². The number of nitrogens with one attached hydrogen (secondary N) is 1. The van der Waals surface area contributed by atoms with Crippen LogP contribution in [-0.2, 0) is 17.8 Å². The quantitative estimate of drug-likeness (QED) is 0.578. The molecule has 1 N–H and O–H groups in total. The van der Waals surface area contributed by atoms with Crippen LogP contribution >= 0.6 is 0 Å². The summed E-state index contributed by atoms with van der Waals surface area (Å²) >= 11 is 0. The molecular weight excluding hydrogens is 240 g/mol. The van der Waals surface area contributed by atoms with Crippen molar-refractivity contribution in [3.63, 3.8) is 0 Å². The molecule has 0 amide bonds. The average molecular weight is 266 g/mol. The van der Waals surface area contributed by atoms with Gasteiger partial charge in [-0.2, -0.15) is 0 Å². The Bertz CT molecular complexity index is 392. The second kappa shape index (κ2) is 7.40. The highest BCUT2D eigenvalue weighted by Gasteiger charge is 2.09. The second-order valence-corrected chi connectivity index (χ2v) is 5.90. The van der Waals surface area contributed by atoms with Crippen LogP contribution in [0.4, 0.5) is 0 Å². The summed E-state index contributed by atoms with van der Waals surface area (Å²) in [5.74, 6) is 0. The summed E-state index contributed by atoms with van der Waals surface area (Å²) in [6, 6.07) is 0. The van der Waals surface area contributed by atoms with Gasteiger partial charge >= 0.3 is 0 Å². The van der Waals surface area contributed by atoms with E-state index in [1.165, 1.54) is 0 Å². The third-order valence-electron chi connectivity index (χ3n) is 2.52. The van der Waals surface area contributed by atoms with Crippen LogP contribution in [0.15, 0.2) is 18.3 Å². The van der Waals surface area contributed by atoms with E-state index in [1.807, 2.05) is 17.8 Å². The van der Waals surface area contributed by atoms with Gasteiger partial charge in [0.25, 0.3) is 0 Å². The van der Waals surface area contributed by atoms with Gasteiger partial charge in [0.2, 0.25) is 0 Å². The summed E-state index contributed by atoms with van der Waals surface area (Å²) in [6.45, 7) is 15.1. The van der Waals surface area contributed by atoms with Crippen LogP contribution < -0.4 is 5.32 Å². The first-order valence-electron chi connectivity index (χ1n) is 6.73. The number of rotatable bonds is 8. The number of ether oxygens (including phenoxy) is 1. The molecule has 0 aliphatic heterocycles. The van der Waals surface area contributed by atoms with Gasteiger partial charge < -0.3 is 10.1 Å². The van der Waals surface area contributed by atoms with Gasteiger partial charge in [-0.3, -0.25) is 0 Å². The molecule has 5 nitrogen and oxygen atoms in total. The maximum absolute atomic E-state index is 5.51. The molecule has 0 spiro atoms. The number of hydrogen-bond acceptors (Lipinski definition) is 4. The van der Waals surface area contributed by atoms with Gasteiger partial charge in [-0.1, -0.05) is 10.8 Å². The van der Waals surface area contributed by atoms with Crippen molar-refractivity contribution in [3.8, 4) is 0 Å². The molecule has 0 aromatic carbocycles. The maximum Gasteiger partial charge on any atom is 0.0965 e. The highest BCUT2D eigenvalue weighted by Crippen LogP contribution is 2.01. The van der Waals surface area contributed by atoms with Gasteiger partial charge in [-0.25, -0.2) is 4.68 Å². The summed E-state index contributed by atoms with van der Waals surface area (Å²) in [5, 5.41) is 11.6. The Morgan fingerprint density at radius 3 is 2.79 bits per heavy atom. The van der Waals surface area contributed by atoms with E-state index >= 15 is 0 Å². The fourth-order valence-corrected chi connectivity index (χ4v) is 1.39. The minimum absolute atomic E-state index is 0.0927. The molecule has 0 aliphatic rings. The van der Waals surface area contributed by atoms with Crippen LogP contribution in [0, 0.1) is 0 Å². The van der Waals surface area contributed by atoms with E-state index in [1.54, 1.807) is 0 Å². The molecule has 0 aliphatic carbocycles. The molecular formula is C14H26N4O. The van der Waals surface area contributed by atoms with Crippen molar-refractivity contribution in [2.75, 3.05) is 13.2 Å². The molecule has 1 aromatic heterocycles. The Labute approximate surface area is 116 Å². The molecule has 0 unspecified atom stereocenters. The predicted octanol–water partition coefficient (Wildman–Crippen LogP) is 2.15. The van der Waals surface area contributed by atoms with Crippen LogP contribution in [0.25, 0.3) is 0 Å². The minimum atomic E-state index is 0.0927. The molecule has 108 valence electrons. The standard InChI is InChI=1S/C14H26N4O/c1-12(2)6-8-19-9-7-18-11-13(16-17-18)10-15-14(3,4)5/h11,15H,1,6-10H2,2-5H3. The first kappa shape index (κ1) is 15.9. The van der Waals surface area contributed by atoms with Gasteiger partial charge in [0.1, 0.15) is 0 Å². The normalized spacial score (nSPS) is 11.8. The Morgan fingerprint density at radius 1 is 1.42 bits per heavy atom. The second-order valence-electron chi connectivity index (χ2n) is 5.90. The van der Waals surface area contributed by atoms with Crippen molar-refractivity contribution in [2.45, 2.75) is 52.7 Å². The summed E-state index contributed by atoms with van der Waals surface area (Å²) < 4.78 is 7.33. The molecule has 0 saturated heterocycles. The lowest BCUT2D eigenvalue weighted by molar-refractivity contribution is 0.126. The Hall–Kier alpha value is -1.20. The van der Waals surface area contributed by atoms with E-state index in [-0.39, 0.29) is 5.54 Å². The smallest absolute Gasteiger partial charge is 0.0965 e. The minimum Gasteiger partial charge on any atom is -0.379 e. The van der Waals surface area contributed by atoms with Gasteiger partial charge in [0.05, 0.1) is 25.5 Å². The number of nitrogens with zero attached hydrogens (tertiary/aromatic N) is 3. The molecule has 1 heterocycles. The Morgan fingerprint density at radius 2 is 2.16 bits per heavy atom. The fourth-order valence-electron chi connectivity index (χ4n) is 1.39. The lowest BCUT2D eigenvalue weighted by Crippen LogP contribution is -2.35. The molecule has 5 heteroatoms. The number of aromatic nitrogens is 3. The average Bonchev–Trinajstić information content (AvgIpc) is 2.72. The topological polar surface area (TPSA) is 52.0 Å². The Kier molecular flexibility index (Phi) is 6.18. The van der Waals surface area contributed by atoms with Crippen molar-refractivity contribution >= 4 is 0 Å². The summed E-state index contributed by atoms with van der Waals surface area (Å²) in [4.78, 5) is 0. The molecule has 0 fully saturated rings. The molecule has 19 heavy (non-hydrogen) atoms. The van der Waals surface area contributed by atoms with E-state index < -0.39 is 0 Å². The van der Waals surface area contributed by atoms with Crippen LogP contribution in [0.5, 0.6) is 0 Å². The zero-order valence-electron chi connectivity index (χ0n) is 12.6. The molecule has 0 atom stereocenters. The molecule has 0 radical (unpaired) electrons. The largest absolute Gasteiger partial charge is 0.379 e. The van der Waals surface area contributed by atoms with Gasteiger partial charge in [-0.05, 0) is 34.1 Å². The van der Waals surface area contributed by atoms with Gasteiger partial charge in [0, 0.05) is 18.3 Å². The molecule has 0 bridgehead atoms.